The third-order valence-corrected chi connectivity index (χ3v) is 5.69. The predicted molar refractivity (Wildman–Crippen MR) is 109 cm³/mol. The van der Waals surface area contributed by atoms with Gasteiger partial charge in [-0.3, -0.25) is 4.90 Å². The van der Waals surface area contributed by atoms with Crippen molar-refractivity contribution in [3.05, 3.63) is 71.8 Å². The summed E-state index contributed by atoms with van der Waals surface area (Å²) in [6.07, 6.45) is 4.44. The summed E-state index contributed by atoms with van der Waals surface area (Å²) in [5.74, 6) is 0. The normalized spacial score (nSPS) is 20.4. The number of nitrogens with one attached hydrogen (secondary N) is 1. The molecule has 2 fully saturated rings. The van der Waals surface area contributed by atoms with Crippen LogP contribution in [0, 0.1) is 0 Å². The van der Waals surface area contributed by atoms with Crippen LogP contribution in [0.15, 0.2) is 60.7 Å². The number of rotatable bonds is 6. The summed E-state index contributed by atoms with van der Waals surface area (Å²) in [6, 6.07) is 22.0. The second-order valence-corrected chi connectivity index (χ2v) is 7.73. The second-order valence-electron chi connectivity index (χ2n) is 7.73. The van der Waals surface area contributed by atoms with E-state index in [1.807, 2.05) is 18.2 Å². The first-order chi connectivity index (χ1) is 13.3. The molecule has 1 N–H and O–H groups in total. The Labute approximate surface area is 162 Å². The Hall–Kier alpha value is -2.33. The van der Waals surface area contributed by atoms with Crippen molar-refractivity contribution in [1.82, 2.24) is 15.1 Å². The highest BCUT2D eigenvalue weighted by Gasteiger charge is 2.37. The van der Waals surface area contributed by atoms with Gasteiger partial charge in [0.1, 0.15) is 0 Å². The van der Waals surface area contributed by atoms with E-state index in [1.165, 1.54) is 24.0 Å². The van der Waals surface area contributed by atoms with Crippen LogP contribution in [0.2, 0.25) is 0 Å². The summed E-state index contributed by atoms with van der Waals surface area (Å²) in [5, 5.41) is 3.14. The van der Waals surface area contributed by atoms with Crippen LogP contribution in [0.4, 0.5) is 4.79 Å². The Balaban J connectivity index is 1.36. The maximum Gasteiger partial charge on any atom is 0.317 e. The van der Waals surface area contributed by atoms with Crippen LogP contribution in [0.5, 0.6) is 0 Å². The standard InChI is InChI=1S/C23H29N3O/c27-23(24-14-13-19-7-3-1-4-8-19)26-16-15-25(21-11-12-21)18-22(26)17-20-9-5-2-6-10-20/h1-10,21-22H,11-18H2,(H,24,27)/t22-/m1/s1. The van der Waals surface area contributed by atoms with Crippen molar-refractivity contribution in [3.8, 4) is 0 Å². The number of hydrogen-bond donors (Lipinski definition) is 1. The van der Waals surface area contributed by atoms with E-state index < -0.39 is 0 Å². The van der Waals surface area contributed by atoms with Gasteiger partial charge in [0.15, 0.2) is 0 Å². The highest BCUT2D eigenvalue weighted by atomic mass is 16.2. The summed E-state index contributed by atoms with van der Waals surface area (Å²) in [5.41, 5.74) is 2.57. The molecule has 2 aromatic carbocycles. The Kier molecular flexibility index (Phi) is 5.73. The van der Waals surface area contributed by atoms with E-state index in [1.54, 1.807) is 0 Å². The Bertz CT molecular complexity index is 730. The molecule has 2 amide bonds. The lowest BCUT2D eigenvalue weighted by Gasteiger charge is -2.41. The number of amides is 2. The van der Waals surface area contributed by atoms with Gasteiger partial charge in [-0.15, -0.1) is 0 Å². The molecule has 4 nitrogen and oxygen atoms in total. The first-order valence-corrected chi connectivity index (χ1v) is 10.2. The van der Waals surface area contributed by atoms with Gasteiger partial charge in [0, 0.05) is 32.2 Å². The molecular weight excluding hydrogens is 334 g/mol. The Morgan fingerprint density at radius 2 is 1.59 bits per heavy atom. The number of benzene rings is 2. The van der Waals surface area contributed by atoms with Crippen LogP contribution < -0.4 is 5.32 Å². The molecule has 1 saturated carbocycles. The van der Waals surface area contributed by atoms with Crippen LogP contribution in [0.1, 0.15) is 24.0 Å². The van der Waals surface area contributed by atoms with Gasteiger partial charge in [-0.05, 0) is 36.8 Å². The van der Waals surface area contributed by atoms with E-state index in [0.717, 1.165) is 38.5 Å². The van der Waals surface area contributed by atoms with E-state index >= 15 is 0 Å². The molecule has 4 rings (SSSR count). The number of carbonyl (C=O) groups excluding carboxylic acids is 1. The molecule has 1 atom stereocenters. The van der Waals surface area contributed by atoms with Gasteiger partial charge in [-0.2, -0.15) is 0 Å². The summed E-state index contributed by atoms with van der Waals surface area (Å²) in [6.45, 7) is 3.50. The van der Waals surface area contributed by atoms with Gasteiger partial charge < -0.3 is 10.2 Å². The highest BCUT2D eigenvalue weighted by molar-refractivity contribution is 5.74. The maximum atomic E-state index is 12.9. The highest BCUT2D eigenvalue weighted by Crippen LogP contribution is 2.29. The molecule has 4 heteroatoms. The molecular formula is C23H29N3O. The fraction of sp³-hybridized carbons (Fsp3) is 0.435. The largest absolute Gasteiger partial charge is 0.338 e. The molecule has 0 spiro atoms. The van der Waals surface area contributed by atoms with Crippen molar-refractivity contribution in [2.75, 3.05) is 26.2 Å². The molecule has 1 saturated heterocycles. The van der Waals surface area contributed by atoms with Crippen molar-refractivity contribution in [2.45, 2.75) is 37.8 Å². The lowest BCUT2D eigenvalue weighted by atomic mass is 10.0. The van der Waals surface area contributed by atoms with E-state index in [-0.39, 0.29) is 12.1 Å². The van der Waals surface area contributed by atoms with E-state index in [9.17, 15) is 4.79 Å². The van der Waals surface area contributed by atoms with Gasteiger partial charge in [0.2, 0.25) is 0 Å². The second kappa shape index (κ2) is 8.57. The molecule has 0 bridgehead atoms. The van der Waals surface area contributed by atoms with Gasteiger partial charge in [0.05, 0.1) is 6.04 Å². The van der Waals surface area contributed by atoms with Crippen molar-refractivity contribution in [2.24, 2.45) is 0 Å². The summed E-state index contributed by atoms with van der Waals surface area (Å²) >= 11 is 0. The minimum Gasteiger partial charge on any atom is -0.338 e. The summed E-state index contributed by atoms with van der Waals surface area (Å²) in [4.78, 5) is 17.5. The molecule has 142 valence electrons. The molecule has 1 aliphatic heterocycles. The third kappa shape index (κ3) is 4.89. The molecule has 1 aliphatic carbocycles. The summed E-state index contributed by atoms with van der Waals surface area (Å²) < 4.78 is 0. The zero-order valence-electron chi connectivity index (χ0n) is 15.9. The Morgan fingerprint density at radius 1 is 0.926 bits per heavy atom. The van der Waals surface area contributed by atoms with Crippen LogP contribution >= 0.6 is 0 Å². The Morgan fingerprint density at radius 3 is 2.26 bits per heavy atom. The molecule has 0 aromatic heterocycles. The zero-order valence-corrected chi connectivity index (χ0v) is 15.9. The van der Waals surface area contributed by atoms with E-state index in [0.29, 0.717) is 6.54 Å². The molecule has 0 unspecified atom stereocenters. The van der Waals surface area contributed by atoms with Crippen LogP contribution in [-0.2, 0) is 12.8 Å². The average molecular weight is 364 g/mol. The van der Waals surface area contributed by atoms with E-state index in [2.05, 4.69) is 57.6 Å². The van der Waals surface area contributed by atoms with Crippen molar-refractivity contribution >= 4 is 6.03 Å². The zero-order chi connectivity index (χ0) is 18.5. The number of nitrogens with zero attached hydrogens (tertiary/aromatic N) is 2. The molecule has 27 heavy (non-hydrogen) atoms. The first kappa shape index (κ1) is 18.1. The predicted octanol–water partition coefficient (Wildman–Crippen LogP) is 3.33. The van der Waals surface area contributed by atoms with Crippen LogP contribution in [0.3, 0.4) is 0 Å². The van der Waals surface area contributed by atoms with Crippen LogP contribution in [-0.4, -0.2) is 54.1 Å². The molecule has 1 heterocycles. The molecule has 0 radical (unpaired) electrons. The summed E-state index contributed by atoms with van der Waals surface area (Å²) in [7, 11) is 0. The van der Waals surface area contributed by atoms with Gasteiger partial charge in [0.25, 0.3) is 0 Å². The van der Waals surface area contributed by atoms with Crippen molar-refractivity contribution < 1.29 is 4.79 Å². The third-order valence-electron chi connectivity index (χ3n) is 5.69. The average Bonchev–Trinajstić information content (AvgIpc) is 3.55. The maximum absolute atomic E-state index is 12.9. The first-order valence-electron chi connectivity index (χ1n) is 10.2. The SMILES string of the molecule is O=C(NCCc1ccccc1)N1CCN(C2CC2)C[C@H]1Cc1ccccc1. The van der Waals surface area contributed by atoms with Gasteiger partial charge >= 0.3 is 6.03 Å². The smallest absolute Gasteiger partial charge is 0.317 e. The van der Waals surface area contributed by atoms with Crippen molar-refractivity contribution in [3.63, 3.8) is 0 Å². The minimum absolute atomic E-state index is 0.0855. The minimum atomic E-state index is 0.0855. The monoisotopic (exact) mass is 363 g/mol. The van der Waals surface area contributed by atoms with E-state index in [4.69, 9.17) is 0 Å². The van der Waals surface area contributed by atoms with Gasteiger partial charge in [-0.25, -0.2) is 4.79 Å². The number of piperazine rings is 1. The lowest BCUT2D eigenvalue weighted by Crippen LogP contribution is -2.58. The van der Waals surface area contributed by atoms with Crippen molar-refractivity contribution in [1.29, 1.82) is 0 Å². The molecule has 2 aromatic rings. The number of carbonyl (C=O) groups is 1. The number of hydrogen-bond acceptors (Lipinski definition) is 2. The lowest BCUT2D eigenvalue weighted by molar-refractivity contribution is 0.0894. The topological polar surface area (TPSA) is 35.6 Å². The van der Waals surface area contributed by atoms with Gasteiger partial charge in [-0.1, -0.05) is 60.7 Å². The fourth-order valence-corrected chi connectivity index (χ4v) is 4.04. The fourth-order valence-electron chi connectivity index (χ4n) is 4.04. The van der Waals surface area contributed by atoms with Crippen LogP contribution in [0.25, 0.3) is 0 Å². The molecule has 2 aliphatic rings. The number of urea groups is 1. The quantitative estimate of drug-likeness (QED) is 0.854.